The second kappa shape index (κ2) is 58.1. The molecule has 0 spiro atoms. The maximum absolute atomic E-state index is 13.0. The Morgan fingerprint density at radius 3 is 0.720 bits per heavy atom. The Bertz CT molecular complexity index is 1590. The van der Waals surface area contributed by atoms with Gasteiger partial charge in [0.1, 0.15) is 19.3 Å². The van der Waals surface area contributed by atoms with Crippen LogP contribution in [0.5, 0.6) is 0 Å². The molecule has 0 bridgehead atoms. The molecule has 2 unspecified atom stereocenters. The molecule has 0 aromatic heterocycles. The van der Waals surface area contributed by atoms with E-state index in [1.54, 1.807) is 0 Å². The summed E-state index contributed by atoms with van der Waals surface area (Å²) in [6.45, 7) is 4.78. The Morgan fingerprint density at radius 1 is 0.293 bits per heavy atom. The van der Waals surface area contributed by atoms with Crippen LogP contribution in [0.15, 0.2) is 0 Å². The van der Waals surface area contributed by atoms with Crippen LogP contribution in [0.4, 0.5) is 0 Å². The Hall–Kier alpha value is -1.94. The predicted molar refractivity (Wildman–Crippen MR) is 326 cm³/mol. The Morgan fingerprint density at radius 2 is 0.488 bits per heavy atom. The van der Waals surface area contributed by atoms with Gasteiger partial charge in [-0.25, -0.2) is 9.13 Å². The fraction of sp³-hybridized carbons (Fsp3) is 0.937. The topological polar surface area (TPSA) is 237 Å². The van der Waals surface area contributed by atoms with E-state index in [-0.39, 0.29) is 25.7 Å². The third-order valence-electron chi connectivity index (χ3n) is 14.6. The number of carbonyl (C=O) groups is 4. The molecular formula is C63H122O17P2. The number of aliphatic hydroxyl groups is 1. The van der Waals surface area contributed by atoms with Crippen LogP contribution in [0.25, 0.3) is 0 Å². The van der Waals surface area contributed by atoms with Gasteiger partial charge in [-0.3, -0.25) is 37.3 Å². The van der Waals surface area contributed by atoms with Gasteiger partial charge in [-0.15, -0.1) is 0 Å². The lowest BCUT2D eigenvalue weighted by atomic mass is 10.0. The summed E-state index contributed by atoms with van der Waals surface area (Å²) in [7, 11) is -9.87. The molecule has 0 radical (unpaired) electrons. The lowest BCUT2D eigenvalue weighted by Gasteiger charge is -2.21. The number of ether oxygens (including phenoxy) is 4. The first-order valence-corrected chi connectivity index (χ1v) is 36.3. The van der Waals surface area contributed by atoms with Crippen molar-refractivity contribution in [3.05, 3.63) is 0 Å². The fourth-order valence-corrected chi connectivity index (χ4v) is 11.0. The summed E-state index contributed by atoms with van der Waals surface area (Å²) in [5.74, 6) is -2.14. The van der Waals surface area contributed by atoms with Crippen LogP contribution in [-0.4, -0.2) is 96.7 Å². The number of carbonyl (C=O) groups excluding carboxylic acids is 4. The summed E-state index contributed by atoms with van der Waals surface area (Å²) >= 11 is 0. The van der Waals surface area contributed by atoms with E-state index in [0.717, 1.165) is 103 Å². The van der Waals surface area contributed by atoms with Gasteiger partial charge in [0.25, 0.3) is 0 Å². The summed E-state index contributed by atoms with van der Waals surface area (Å²) in [5, 5.41) is 10.5. The van der Waals surface area contributed by atoms with Crippen molar-refractivity contribution in [2.75, 3.05) is 39.6 Å². The summed E-state index contributed by atoms with van der Waals surface area (Å²) in [5.41, 5.74) is 0. The van der Waals surface area contributed by atoms with E-state index in [9.17, 15) is 43.2 Å². The second-order valence-electron chi connectivity index (χ2n) is 22.8. The first-order chi connectivity index (χ1) is 39.7. The van der Waals surface area contributed by atoms with E-state index in [1.807, 2.05) is 0 Å². The average molecular weight is 1210 g/mol. The van der Waals surface area contributed by atoms with E-state index in [2.05, 4.69) is 27.7 Å². The smallest absolute Gasteiger partial charge is 0.462 e. The van der Waals surface area contributed by atoms with E-state index < -0.39 is 97.5 Å². The molecule has 0 amide bonds. The third kappa shape index (κ3) is 57.2. The van der Waals surface area contributed by atoms with Crippen molar-refractivity contribution in [3.8, 4) is 0 Å². The maximum atomic E-state index is 13.0. The molecule has 0 aliphatic heterocycles. The van der Waals surface area contributed by atoms with Crippen LogP contribution in [-0.2, 0) is 65.4 Å². The lowest BCUT2D eigenvalue weighted by Crippen LogP contribution is -2.30. The number of aliphatic hydroxyl groups excluding tert-OH is 1. The third-order valence-corrected chi connectivity index (χ3v) is 16.5. The average Bonchev–Trinajstić information content (AvgIpc) is 3.49. The van der Waals surface area contributed by atoms with Gasteiger partial charge in [-0.1, -0.05) is 272 Å². The molecule has 0 fully saturated rings. The Kier molecular flexibility index (Phi) is 56.7. The van der Waals surface area contributed by atoms with Gasteiger partial charge in [-0.2, -0.15) is 0 Å². The molecule has 0 aliphatic rings. The highest BCUT2D eigenvalue weighted by molar-refractivity contribution is 7.47. The minimum absolute atomic E-state index is 0.104. The molecule has 19 heteroatoms. The zero-order valence-electron chi connectivity index (χ0n) is 52.5. The summed E-state index contributed by atoms with van der Waals surface area (Å²) < 4.78 is 67.7. The molecule has 0 saturated heterocycles. The molecule has 0 aliphatic carbocycles. The van der Waals surface area contributed by atoms with Crippen LogP contribution < -0.4 is 0 Å². The van der Waals surface area contributed by atoms with Crippen molar-refractivity contribution < 1.29 is 80.2 Å². The Balaban J connectivity index is 5.15. The maximum Gasteiger partial charge on any atom is 0.472 e. The molecule has 0 saturated carbocycles. The Labute approximate surface area is 498 Å². The normalized spacial score (nSPS) is 14.2. The largest absolute Gasteiger partial charge is 0.472 e. The van der Waals surface area contributed by atoms with Gasteiger partial charge in [0.2, 0.25) is 0 Å². The van der Waals surface area contributed by atoms with Crippen molar-refractivity contribution in [1.82, 2.24) is 0 Å². The van der Waals surface area contributed by atoms with Gasteiger partial charge in [0.05, 0.1) is 26.4 Å². The second-order valence-corrected chi connectivity index (χ2v) is 25.7. The van der Waals surface area contributed by atoms with Gasteiger partial charge < -0.3 is 33.8 Å². The molecule has 486 valence electrons. The minimum atomic E-state index is -4.94. The molecule has 0 rings (SSSR count). The van der Waals surface area contributed by atoms with Crippen molar-refractivity contribution >= 4 is 39.5 Å². The van der Waals surface area contributed by atoms with E-state index in [1.165, 1.54) is 141 Å². The van der Waals surface area contributed by atoms with E-state index in [4.69, 9.17) is 37.0 Å². The molecule has 0 aromatic rings. The summed E-state index contributed by atoms with van der Waals surface area (Å²) in [6.07, 6.45) is 43.4. The fourth-order valence-electron chi connectivity index (χ4n) is 9.46. The van der Waals surface area contributed by atoms with Crippen molar-refractivity contribution in [3.63, 3.8) is 0 Å². The quantitative estimate of drug-likeness (QED) is 0.0222. The summed E-state index contributed by atoms with van der Waals surface area (Å²) in [4.78, 5) is 71.9. The first kappa shape index (κ1) is 80.1. The molecule has 3 N–H and O–H groups in total. The van der Waals surface area contributed by atoms with Crippen LogP contribution in [0.2, 0.25) is 0 Å². The van der Waals surface area contributed by atoms with E-state index in [0.29, 0.717) is 25.7 Å². The monoisotopic (exact) mass is 1210 g/mol. The molecule has 17 nitrogen and oxygen atoms in total. The van der Waals surface area contributed by atoms with Crippen LogP contribution in [0, 0.1) is 0 Å². The molecule has 5 atom stereocenters. The van der Waals surface area contributed by atoms with Gasteiger partial charge in [0, 0.05) is 25.7 Å². The number of hydrogen-bond donors (Lipinski definition) is 3. The SMILES string of the molecule is CCCCCCCCCCCCCCCCCC(=O)O[C@H](COC(=O)CCCCCCCCCCCCCCCC)COP(=O)(O)OC[C@@H](O)COP(=O)(O)OC[C@@H](COC(=O)CCCCCCC)OC(=O)CCCCCCCCCC. The number of phosphoric ester groups is 2. The highest BCUT2D eigenvalue weighted by Gasteiger charge is 2.30. The predicted octanol–water partition coefficient (Wildman–Crippen LogP) is 17.5. The number of phosphoric acid groups is 2. The zero-order chi connectivity index (χ0) is 60.5. The molecule has 0 aromatic carbocycles. The molecular weight excluding hydrogens is 1090 g/mol. The highest BCUT2D eigenvalue weighted by Crippen LogP contribution is 2.45. The summed E-state index contributed by atoms with van der Waals surface area (Å²) in [6, 6.07) is 0. The molecule has 82 heavy (non-hydrogen) atoms. The number of hydrogen-bond acceptors (Lipinski definition) is 15. The zero-order valence-corrected chi connectivity index (χ0v) is 54.2. The molecule has 0 heterocycles. The number of rotatable bonds is 64. The van der Waals surface area contributed by atoms with Crippen LogP contribution >= 0.6 is 15.6 Å². The van der Waals surface area contributed by atoms with Gasteiger partial charge in [0.15, 0.2) is 12.2 Å². The number of esters is 4. The van der Waals surface area contributed by atoms with Crippen molar-refractivity contribution in [2.45, 2.75) is 341 Å². The lowest BCUT2D eigenvalue weighted by molar-refractivity contribution is -0.161. The van der Waals surface area contributed by atoms with E-state index >= 15 is 0 Å². The van der Waals surface area contributed by atoms with Crippen molar-refractivity contribution in [1.29, 1.82) is 0 Å². The standard InChI is InChI=1S/C63H122O17P2/c1-5-9-13-17-20-23-25-27-29-31-33-35-38-42-46-50-63(68)80-59(54-74-61(66)48-44-40-37-34-32-30-28-26-24-21-18-14-10-6-2)56-78-82(71,72)76-52-57(64)51-75-81(69,70)77-55-58(53-73-60(65)47-43-39-16-12-8-4)79-62(67)49-45-41-36-22-19-15-11-7-3/h57-59,64H,5-56H2,1-4H3,(H,69,70)(H,71,72)/t57-,58+,59+/m0/s1. The van der Waals surface area contributed by atoms with Crippen LogP contribution in [0.1, 0.15) is 323 Å². The van der Waals surface area contributed by atoms with Crippen LogP contribution in [0.3, 0.4) is 0 Å². The first-order valence-electron chi connectivity index (χ1n) is 33.3. The highest BCUT2D eigenvalue weighted by atomic mass is 31.2. The van der Waals surface area contributed by atoms with Gasteiger partial charge >= 0.3 is 39.5 Å². The van der Waals surface area contributed by atoms with Crippen molar-refractivity contribution in [2.24, 2.45) is 0 Å². The number of unbranched alkanes of at least 4 members (excludes halogenated alkanes) is 38. The van der Waals surface area contributed by atoms with Gasteiger partial charge in [-0.05, 0) is 25.7 Å². The minimum Gasteiger partial charge on any atom is -0.462 e.